The lowest BCUT2D eigenvalue weighted by atomic mass is 9.96. The molecule has 0 radical (unpaired) electrons. The van der Waals surface area contributed by atoms with Crippen LogP contribution in [-0.4, -0.2) is 38.5 Å². The van der Waals surface area contributed by atoms with E-state index in [2.05, 4.69) is 9.88 Å². The van der Waals surface area contributed by atoms with Gasteiger partial charge in [-0.15, -0.1) is 0 Å². The Morgan fingerprint density at radius 3 is 2.58 bits per heavy atom. The zero-order valence-electron chi connectivity index (χ0n) is 18.9. The summed E-state index contributed by atoms with van der Waals surface area (Å²) in [6.45, 7) is 7.24. The number of anilines is 1. The second-order valence-corrected chi connectivity index (χ2v) is 9.59. The van der Waals surface area contributed by atoms with Crippen molar-refractivity contribution in [2.24, 2.45) is 11.7 Å². The van der Waals surface area contributed by atoms with Crippen molar-refractivity contribution >= 4 is 22.9 Å². The molecule has 0 spiro atoms. The fraction of sp³-hybridized carbons (Fsp3) is 0.478. The summed E-state index contributed by atoms with van der Waals surface area (Å²) in [7, 11) is 0. The van der Waals surface area contributed by atoms with Crippen molar-refractivity contribution in [3.8, 4) is 0 Å². The summed E-state index contributed by atoms with van der Waals surface area (Å²) in [6.07, 6.45) is -1.83. The molecule has 2 N–H and O–H groups in total. The van der Waals surface area contributed by atoms with Gasteiger partial charge in [0.05, 0.1) is 18.4 Å². The van der Waals surface area contributed by atoms with Crippen LogP contribution in [0.2, 0.25) is 0 Å². The standard InChI is InChI=1S/C23H27F3N6O/c1-22(2,3)21-29-19(31-9-8-14(11-31)10-17(27)33)18-20(30-21)32(13-28-18)12-15-6-4-5-7-16(15)23(24,25)26/h4-7,13-14H,8-12H2,1-3H3,(H2,27,33)/t14-/m0/s1. The van der Waals surface area contributed by atoms with Gasteiger partial charge in [-0.3, -0.25) is 4.79 Å². The number of primary amides is 1. The molecule has 0 unspecified atom stereocenters. The van der Waals surface area contributed by atoms with Crippen molar-refractivity contribution in [3.63, 3.8) is 0 Å². The van der Waals surface area contributed by atoms with E-state index in [1.54, 1.807) is 10.6 Å². The average molecular weight is 461 g/mol. The van der Waals surface area contributed by atoms with Gasteiger partial charge in [-0.1, -0.05) is 39.0 Å². The van der Waals surface area contributed by atoms with Crippen LogP contribution in [-0.2, 0) is 22.9 Å². The fourth-order valence-corrected chi connectivity index (χ4v) is 4.20. The molecule has 1 aromatic carbocycles. The number of aromatic nitrogens is 4. The number of hydrogen-bond donors (Lipinski definition) is 1. The van der Waals surface area contributed by atoms with E-state index in [1.807, 2.05) is 20.8 Å². The summed E-state index contributed by atoms with van der Waals surface area (Å²) in [6, 6.07) is 5.52. The minimum Gasteiger partial charge on any atom is -0.370 e. The fourth-order valence-electron chi connectivity index (χ4n) is 4.20. The first-order chi connectivity index (χ1) is 15.4. The summed E-state index contributed by atoms with van der Waals surface area (Å²) in [4.78, 5) is 27.4. The third-order valence-electron chi connectivity index (χ3n) is 5.86. The molecule has 1 fully saturated rings. The van der Waals surface area contributed by atoms with Gasteiger partial charge in [0, 0.05) is 24.9 Å². The Balaban J connectivity index is 1.77. The van der Waals surface area contributed by atoms with E-state index in [-0.39, 0.29) is 29.3 Å². The second-order valence-electron chi connectivity index (χ2n) is 9.59. The highest BCUT2D eigenvalue weighted by Gasteiger charge is 2.34. The second kappa shape index (κ2) is 8.31. The molecule has 1 aliphatic rings. The predicted octanol–water partition coefficient (Wildman–Crippen LogP) is 3.89. The molecular formula is C23H27F3N6O. The predicted molar refractivity (Wildman–Crippen MR) is 119 cm³/mol. The molecule has 0 bridgehead atoms. The van der Waals surface area contributed by atoms with E-state index in [0.29, 0.717) is 42.3 Å². The van der Waals surface area contributed by atoms with Crippen molar-refractivity contribution in [3.05, 3.63) is 47.5 Å². The normalized spacial score (nSPS) is 17.2. The van der Waals surface area contributed by atoms with Crippen LogP contribution in [0.3, 0.4) is 0 Å². The van der Waals surface area contributed by atoms with Gasteiger partial charge in [0.1, 0.15) is 5.82 Å². The van der Waals surface area contributed by atoms with Gasteiger partial charge in [0.25, 0.3) is 0 Å². The molecule has 3 aromatic rings. The highest BCUT2D eigenvalue weighted by molar-refractivity contribution is 5.84. The molecule has 3 heterocycles. The molecular weight excluding hydrogens is 433 g/mol. The van der Waals surface area contributed by atoms with Crippen molar-refractivity contribution in [2.75, 3.05) is 18.0 Å². The number of amides is 1. The third-order valence-corrected chi connectivity index (χ3v) is 5.86. The Morgan fingerprint density at radius 1 is 1.18 bits per heavy atom. The molecule has 1 saturated heterocycles. The quantitative estimate of drug-likeness (QED) is 0.624. The first-order valence-electron chi connectivity index (χ1n) is 10.8. The molecule has 0 saturated carbocycles. The zero-order chi connectivity index (χ0) is 24.0. The van der Waals surface area contributed by atoms with Crippen molar-refractivity contribution in [1.82, 2.24) is 19.5 Å². The van der Waals surface area contributed by atoms with Gasteiger partial charge in [-0.05, 0) is 24.0 Å². The number of carbonyl (C=O) groups is 1. The average Bonchev–Trinajstić information content (AvgIpc) is 3.33. The lowest BCUT2D eigenvalue weighted by Crippen LogP contribution is -2.25. The molecule has 7 nitrogen and oxygen atoms in total. The number of rotatable bonds is 5. The Kier molecular flexibility index (Phi) is 5.79. The van der Waals surface area contributed by atoms with Crippen LogP contribution >= 0.6 is 0 Å². The van der Waals surface area contributed by atoms with Crippen molar-refractivity contribution in [1.29, 1.82) is 0 Å². The van der Waals surface area contributed by atoms with E-state index < -0.39 is 11.7 Å². The van der Waals surface area contributed by atoms with Crippen LogP contribution in [0.4, 0.5) is 19.0 Å². The maximum absolute atomic E-state index is 13.5. The number of halogens is 3. The van der Waals surface area contributed by atoms with E-state index >= 15 is 0 Å². The Morgan fingerprint density at radius 2 is 1.91 bits per heavy atom. The van der Waals surface area contributed by atoms with Crippen LogP contribution in [0, 0.1) is 5.92 Å². The highest BCUT2D eigenvalue weighted by Crippen LogP contribution is 2.34. The van der Waals surface area contributed by atoms with E-state index in [9.17, 15) is 18.0 Å². The summed E-state index contributed by atoms with van der Waals surface area (Å²) in [5.41, 5.74) is 5.48. The molecule has 2 aromatic heterocycles. The highest BCUT2D eigenvalue weighted by atomic mass is 19.4. The lowest BCUT2D eigenvalue weighted by Gasteiger charge is -2.22. The molecule has 4 rings (SSSR count). The van der Waals surface area contributed by atoms with E-state index in [1.165, 1.54) is 18.5 Å². The van der Waals surface area contributed by atoms with Gasteiger partial charge in [-0.25, -0.2) is 15.0 Å². The van der Waals surface area contributed by atoms with E-state index in [0.717, 1.165) is 12.5 Å². The first-order valence-corrected chi connectivity index (χ1v) is 10.8. The van der Waals surface area contributed by atoms with E-state index in [4.69, 9.17) is 15.7 Å². The van der Waals surface area contributed by atoms with Gasteiger partial charge < -0.3 is 15.2 Å². The molecule has 1 amide bonds. The summed E-state index contributed by atoms with van der Waals surface area (Å²) < 4.78 is 42.2. The topological polar surface area (TPSA) is 89.9 Å². The Bertz CT molecular complexity index is 1180. The minimum atomic E-state index is -4.45. The Labute approximate surface area is 189 Å². The Hall–Kier alpha value is -3.17. The molecule has 10 heteroatoms. The summed E-state index contributed by atoms with van der Waals surface area (Å²) in [5.74, 6) is 1.01. The van der Waals surface area contributed by atoms with Crippen LogP contribution in [0.15, 0.2) is 30.6 Å². The van der Waals surface area contributed by atoms with Crippen LogP contribution < -0.4 is 10.6 Å². The number of fused-ring (bicyclic) bond motifs is 1. The number of nitrogens with two attached hydrogens (primary N) is 1. The molecule has 1 atom stereocenters. The maximum atomic E-state index is 13.5. The monoisotopic (exact) mass is 460 g/mol. The maximum Gasteiger partial charge on any atom is 0.416 e. The summed E-state index contributed by atoms with van der Waals surface area (Å²) in [5, 5.41) is 0. The van der Waals surface area contributed by atoms with Gasteiger partial charge in [-0.2, -0.15) is 13.2 Å². The number of imidazole rings is 1. The summed E-state index contributed by atoms with van der Waals surface area (Å²) >= 11 is 0. The zero-order valence-corrected chi connectivity index (χ0v) is 18.9. The number of hydrogen-bond acceptors (Lipinski definition) is 5. The van der Waals surface area contributed by atoms with Crippen LogP contribution in [0.5, 0.6) is 0 Å². The molecule has 0 aliphatic carbocycles. The van der Waals surface area contributed by atoms with Gasteiger partial charge in [0.2, 0.25) is 5.91 Å². The van der Waals surface area contributed by atoms with Crippen molar-refractivity contribution < 1.29 is 18.0 Å². The SMILES string of the molecule is CC(C)(C)c1nc(N2CC[C@@H](CC(N)=O)C2)c2ncn(Cc3ccccc3C(F)(F)F)c2n1. The third kappa shape index (κ3) is 4.79. The largest absolute Gasteiger partial charge is 0.416 e. The van der Waals surface area contributed by atoms with Crippen LogP contribution in [0.1, 0.15) is 50.6 Å². The number of benzene rings is 1. The lowest BCUT2D eigenvalue weighted by molar-refractivity contribution is -0.138. The smallest absolute Gasteiger partial charge is 0.370 e. The molecule has 33 heavy (non-hydrogen) atoms. The van der Waals surface area contributed by atoms with Gasteiger partial charge >= 0.3 is 6.18 Å². The number of nitrogens with zero attached hydrogens (tertiary/aromatic N) is 5. The molecule has 1 aliphatic heterocycles. The van der Waals surface area contributed by atoms with Crippen LogP contribution in [0.25, 0.3) is 11.2 Å². The van der Waals surface area contributed by atoms with Gasteiger partial charge in [0.15, 0.2) is 17.0 Å². The van der Waals surface area contributed by atoms with Crippen molar-refractivity contribution in [2.45, 2.75) is 51.7 Å². The number of alkyl halides is 3. The molecule has 176 valence electrons. The number of carbonyl (C=O) groups excluding carboxylic acids is 1. The minimum absolute atomic E-state index is 0.0173. The first kappa shape index (κ1) is 23.0.